The smallest absolute Gasteiger partial charge is 0.240 e. The molecule has 3 rings (SSSR count). The van der Waals surface area contributed by atoms with Crippen LogP contribution in [-0.2, 0) is 4.79 Å². The summed E-state index contributed by atoms with van der Waals surface area (Å²) >= 11 is 1.49. The molecule has 5 nitrogen and oxygen atoms in total. The van der Waals surface area contributed by atoms with E-state index in [0.29, 0.717) is 30.5 Å². The van der Waals surface area contributed by atoms with E-state index in [1.54, 1.807) is 12.1 Å². The van der Waals surface area contributed by atoms with E-state index in [1.165, 1.54) is 17.4 Å². The molecule has 7 heteroatoms. The topological polar surface area (TPSA) is 48.5 Å². The zero-order valence-corrected chi connectivity index (χ0v) is 14.7. The molecule has 0 radical (unpaired) electrons. The highest BCUT2D eigenvalue weighted by molar-refractivity contribution is 7.15. The summed E-state index contributed by atoms with van der Waals surface area (Å²) in [7, 11) is 0. The molecule has 24 heavy (non-hydrogen) atoms. The van der Waals surface area contributed by atoms with Crippen LogP contribution in [0.3, 0.4) is 0 Å². The number of benzene rings is 1. The normalized spacial score (nSPS) is 15.5. The second-order valence-electron chi connectivity index (χ2n) is 5.92. The second-order valence-corrected chi connectivity index (χ2v) is 7.13. The van der Waals surface area contributed by atoms with Gasteiger partial charge in [0.05, 0.1) is 17.9 Å². The van der Waals surface area contributed by atoms with Crippen molar-refractivity contribution in [3.05, 3.63) is 40.7 Å². The Balaban J connectivity index is 1.50. The molecule has 1 saturated heterocycles. The van der Waals surface area contributed by atoms with E-state index in [4.69, 9.17) is 0 Å². The lowest BCUT2D eigenvalue weighted by Crippen LogP contribution is -2.48. The summed E-state index contributed by atoms with van der Waals surface area (Å²) in [6.07, 6.45) is 0. The van der Waals surface area contributed by atoms with Crippen molar-refractivity contribution in [1.82, 2.24) is 9.88 Å². The van der Waals surface area contributed by atoms with Crippen LogP contribution in [0.1, 0.15) is 10.6 Å². The van der Waals surface area contributed by atoms with Gasteiger partial charge in [0.15, 0.2) is 5.13 Å². The molecule has 2 heterocycles. The first kappa shape index (κ1) is 16.9. The Morgan fingerprint density at radius 1 is 1.25 bits per heavy atom. The van der Waals surface area contributed by atoms with Crippen molar-refractivity contribution in [2.45, 2.75) is 13.8 Å². The van der Waals surface area contributed by atoms with Gasteiger partial charge in [-0.05, 0) is 26.0 Å². The van der Waals surface area contributed by atoms with Gasteiger partial charge in [0.2, 0.25) is 5.91 Å². The van der Waals surface area contributed by atoms with Crippen LogP contribution < -0.4 is 10.2 Å². The number of carbonyl (C=O) groups excluding carboxylic acids is 1. The number of halogens is 1. The molecule has 0 aliphatic carbocycles. The number of nitrogens with zero attached hydrogens (tertiary/aromatic N) is 3. The van der Waals surface area contributed by atoms with Gasteiger partial charge in [-0.2, -0.15) is 0 Å². The number of amides is 1. The van der Waals surface area contributed by atoms with Gasteiger partial charge in [0, 0.05) is 31.1 Å². The highest BCUT2D eigenvalue weighted by atomic mass is 32.1. The monoisotopic (exact) mass is 348 g/mol. The fourth-order valence-electron chi connectivity index (χ4n) is 2.74. The van der Waals surface area contributed by atoms with E-state index < -0.39 is 0 Å². The highest BCUT2D eigenvalue weighted by Crippen LogP contribution is 2.22. The predicted octanol–water partition coefficient (Wildman–Crippen LogP) is 2.66. The molecule has 1 fully saturated rings. The van der Waals surface area contributed by atoms with E-state index in [0.717, 1.165) is 23.7 Å². The lowest BCUT2D eigenvalue weighted by Gasteiger charge is -2.35. The van der Waals surface area contributed by atoms with Crippen LogP contribution >= 0.6 is 11.3 Å². The van der Waals surface area contributed by atoms with Crippen molar-refractivity contribution < 1.29 is 9.18 Å². The Morgan fingerprint density at radius 2 is 1.96 bits per heavy atom. The fourth-order valence-corrected chi connectivity index (χ4v) is 3.57. The number of anilines is 2. The molecule has 0 unspecified atom stereocenters. The quantitative estimate of drug-likeness (QED) is 0.923. The van der Waals surface area contributed by atoms with Gasteiger partial charge in [-0.3, -0.25) is 9.69 Å². The standard InChI is InChI=1S/C17H21FN4OS/c1-12-13(2)24-17(19-12)20-16(23)11-21-7-9-22(10-8-21)15-6-4-3-5-14(15)18/h3-6H,7-11H2,1-2H3,(H,19,20,23). The van der Waals surface area contributed by atoms with Crippen LogP contribution in [-0.4, -0.2) is 48.5 Å². The summed E-state index contributed by atoms with van der Waals surface area (Å²) in [5.74, 6) is -0.249. The Kier molecular flexibility index (Phi) is 5.11. The molecule has 1 N–H and O–H groups in total. The van der Waals surface area contributed by atoms with E-state index >= 15 is 0 Å². The summed E-state index contributed by atoms with van der Waals surface area (Å²) in [6.45, 7) is 7.15. The van der Waals surface area contributed by atoms with E-state index in [9.17, 15) is 9.18 Å². The number of hydrogen-bond acceptors (Lipinski definition) is 5. The largest absolute Gasteiger partial charge is 0.367 e. The number of nitrogens with one attached hydrogen (secondary N) is 1. The van der Waals surface area contributed by atoms with Crippen molar-refractivity contribution in [3.63, 3.8) is 0 Å². The number of rotatable bonds is 4. The average Bonchev–Trinajstić information content (AvgIpc) is 2.86. The first-order valence-corrected chi connectivity index (χ1v) is 8.80. The average molecular weight is 348 g/mol. The molecule has 1 aromatic carbocycles. The third-order valence-corrected chi connectivity index (χ3v) is 5.20. The SMILES string of the molecule is Cc1nc(NC(=O)CN2CCN(c3ccccc3F)CC2)sc1C. The summed E-state index contributed by atoms with van der Waals surface area (Å²) in [5, 5.41) is 3.51. The van der Waals surface area contributed by atoms with Crippen LogP contribution in [0.5, 0.6) is 0 Å². The highest BCUT2D eigenvalue weighted by Gasteiger charge is 2.21. The van der Waals surface area contributed by atoms with Gasteiger partial charge in [0.1, 0.15) is 5.82 Å². The first-order chi connectivity index (χ1) is 11.5. The minimum absolute atomic E-state index is 0.0527. The zero-order valence-electron chi connectivity index (χ0n) is 13.9. The summed E-state index contributed by atoms with van der Waals surface area (Å²) in [6, 6.07) is 6.82. The van der Waals surface area contributed by atoms with Gasteiger partial charge in [-0.1, -0.05) is 12.1 Å². The summed E-state index contributed by atoms with van der Waals surface area (Å²) in [5.41, 5.74) is 1.59. The fraction of sp³-hybridized carbons (Fsp3) is 0.412. The third-order valence-electron chi connectivity index (χ3n) is 4.21. The van der Waals surface area contributed by atoms with Crippen molar-refractivity contribution in [3.8, 4) is 0 Å². The Morgan fingerprint density at radius 3 is 2.58 bits per heavy atom. The molecule has 0 bridgehead atoms. The molecule has 1 aliphatic rings. The van der Waals surface area contributed by atoms with Gasteiger partial charge < -0.3 is 10.2 Å². The maximum atomic E-state index is 13.8. The van der Waals surface area contributed by atoms with Crippen LogP contribution in [0.4, 0.5) is 15.2 Å². The van der Waals surface area contributed by atoms with Gasteiger partial charge in [0.25, 0.3) is 0 Å². The second kappa shape index (κ2) is 7.27. The number of carbonyl (C=O) groups is 1. The van der Waals surface area contributed by atoms with Gasteiger partial charge in [-0.15, -0.1) is 11.3 Å². The number of piperazine rings is 1. The van der Waals surface area contributed by atoms with E-state index in [2.05, 4.69) is 15.2 Å². The Labute approximate surface area is 145 Å². The van der Waals surface area contributed by atoms with Gasteiger partial charge >= 0.3 is 0 Å². The van der Waals surface area contributed by atoms with Crippen LogP contribution in [0.15, 0.2) is 24.3 Å². The van der Waals surface area contributed by atoms with Crippen molar-refractivity contribution in [2.75, 3.05) is 42.9 Å². The molecule has 1 amide bonds. The molecule has 128 valence electrons. The number of aryl methyl sites for hydroxylation is 2. The van der Waals surface area contributed by atoms with Crippen molar-refractivity contribution >= 4 is 28.1 Å². The van der Waals surface area contributed by atoms with E-state index in [-0.39, 0.29) is 11.7 Å². The summed E-state index contributed by atoms with van der Waals surface area (Å²) in [4.78, 5) is 21.7. The van der Waals surface area contributed by atoms with Gasteiger partial charge in [-0.25, -0.2) is 9.37 Å². The minimum Gasteiger partial charge on any atom is -0.367 e. The van der Waals surface area contributed by atoms with Crippen LogP contribution in [0.2, 0.25) is 0 Å². The first-order valence-electron chi connectivity index (χ1n) is 7.98. The Hall–Kier alpha value is -1.99. The van der Waals surface area contributed by atoms with Crippen molar-refractivity contribution in [2.24, 2.45) is 0 Å². The number of aromatic nitrogens is 1. The number of para-hydroxylation sites is 1. The molecule has 1 aromatic heterocycles. The molecule has 0 saturated carbocycles. The molecule has 2 aromatic rings. The zero-order chi connectivity index (χ0) is 17.1. The lowest BCUT2D eigenvalue weighted by atomic mass is 10.2. The lowest BCUT2D eigenvalue weighted by molar-refractivity contribution is -0.117. The third kappa shape index (κ3) is 3.91. The van der Waals surface area contributed by atoms with Crippen LogP contribution in [0, 0.1) is 19.7 Å². The van der Waals surface area contributed by atoms with Crippen molar-refractivity contribution in [1.29, 1.82) is 0 Å². The van der Waals surface area contributed by atoms with E-state index in [1.807, 2.05) is 24.8 Å². The maximum Gasteiger partial charge on any atom is 0.240 e. The summed E-state index contributed by atoms with van der Waals surface area (Å²) < 4.78 is 13.8. The van der Waals surface area contributed by atoms with Crippen LogP contribution in [0.25, 0.3) is 0 Å². The molecule has 0 spiro atoms. The predicted molar refractivity (Wildman–Crippen MR) is 95.3 cm³/mol. The molecular formula is C17H21FN4OS. The molecule has 1 aliphatic heterocycles. The Bertz CT molecular complexity index is 706. The number of hydrogen-bond donors (Lipinski definition) is 1. The maximum absolute atomic E-state index is 13.8. The molecule has 0 atom stereocenters. The minimum atomic E-state index is -0.196. The number of thiazole rings is 1. The molecular weight excluding hydrogens is 327 g/mol.